The molecule has 0 bridgehead atoms. The Kier molecular flexibility index (Phi) is 6.45. The molecule has 0 heterocycles. The average Bonchev–Trinajstić information content (AvgIpc) is 3.18. The third kappa shape index (κ3) is 6.46. The van der Waals surface area contributed by atoms with Crippen LogP contribution in [0.3, 0.4) is 0 Å². The van der Waals surface area contributed by atoms with Crippen LogP contribution in [0.25, 0.3) is 0 Å². The van der Waals surface area contributed by atoms with Crippen LogP contribution in [0.5, 0.6) is 0 Å². The van der Waals surface area contributed by atoms with E-state index in [9.17, 15) is 14.4 Å². The number of aliphatic carboxylic acids is 1. The maximum atomic E-state index is 11.7. The Morgan fingerprint density at radius 2 is 1.95 bits per heavy atom. The van der Waals surface area contributed by atoms with Crippen molar-refractivity contribution in [1.29, 1.82) is 0 Å². The first-order valence-electron chi connectivity index (χ1n) is 7.46. The van der Waals surface area contributed by atoms with Gasteiger partial charge in [0.25, 0.3) is 0 Å². The van der Waals surface area contributed by atoms with Crippen molar-refractivity contribution in [3.8, 4) is 0 Å². The first-order chi connectivity index (χ1) is 9.87. The minimum Gasteiger partial charge on any atom is -0.480 e. The smallest absolute Gasteiger partial charge is 0.329 e. The van der Waals surface area contributed by atoms with Crippen LogP contribution in [0.1, 0.15) is 52.4 Å². The molecule has 4 N–H and O–H groups in total. The fourth-order valence-corrected chi connectivity index (χ4v) is 2.00. The van der Waals surface area contributed by atoms with E-state index in [1.165, 1.54) is 6.92 Å². The molecule has 3 amide bonds. The van der Waals surface area contributed by atoms with Crippen LogP contribution in [0.2, 0.25) is 0 Å². The van der Waals surface area contributed by atoms with Crippen molar-refractivity contribution in [2.45, 2.75) is 64.0 Å². The Morgan fingerprint density at radius 3 is 2.48 bits per heavy atom. The predicted molar refractivity (Wildman–Crippen MR) is 77.9 cm³/mol. The summed E-state index contributed by atoms with van der Waals surface area (Å²) in [6.45, 7) is 3.69. The maximum Gasteiger partial charge on any atom is 0.329 e. The highest BCUT2D eigenvalue weighted by Crippen LogP contribution is 2.18. The zero-order valence-corrected chi connectivity index (χ0v) is 12.7. The summed E-state index contributed by atoms with van der Waals surface area (Å²) in [5, 5.41) is 17.1. The molecule has 7 nitrogen and oxygen atoms in total. The lowest BCUT2D eigenvalue weighted by molar-refractivity contribution is -0.144. The number of carbonyl (C=O) groups is 3. The van der Waals surface area contributed by atoms with Crippen molar-refractivity contribution in [2.75, 3.05) is 6.54 Å². The van der Waals surface area contributed by atoms with Gasteiger partial charge in [0, 0.05) is 19.0 Å². The molecule has 120 valence electrons. The normalized spacial score (nSPS) is 16.7. The molecule has 1 rings (SSSR count). The van der Waals surface area contributed by atoms with Crippen LogP contribution in [0.4, 0.5) is 4.79 Å². The lowest BCUT2D eigenvalue weighted by Crippen LogP contribution is -2.55. The number of carbonyl (C=O) groups excluding carboxylic acids is 2. The molecule has 1 unspecified atom stereocenters. The summed E-state index contributed by atoms with van der Waals surface area (Å²) in [7, 11) is 0. The fourth-order valence-electron chi connectivity index (χ4n) is 2.00. The number of carboxylic acids is 1. The van der Waals surface area contributed by atoms with E-state index in [1.807, 2.05) is 6.92 Å². The first kappa shape index (κ1) is 17.3. The van der Waals surface area contributed by atoms with E-state index in [4.69, 9.17) is 5.11 Å². The van der Waals surface area contributed by atoms with Crippen molar-refractivity contribution in [3.63, 3.8) is 0 Å². The highest BCUT2D eigenvalue weighted by Gasteiger charge is 2.33. The number of amides is 3. The molecule has 1 atom stereocenters. The summed E-state index contributed by atoms with van der Waals surface area (Å²) in [5.41, 5.74) is -1.26. The van der Waals surface area contributed by atoms with Gasteiger partial charge in [-0.3, -0.25) is 4.79 Å². The molecule has 1 aliphatic rings. The largest absolute Gasteiger partial charge is 0.480 e. The van der Waals surface area contributed by atoms with E-state index < -0.39 is 17.5 Å². The van der Waals surface area contributed by atoms with Gasteiger partial charge in [-0.15, -0.1) is 0 Å². The molecular weight excluding hydrogens is 274 g/mol. The van der Waals surface area contributed by atoms with Gasteiger partial charge in [-0.1, -0.05) is 13.3 Å². The summed E-state index contributed by atoms with van der Waals surface area (Å²) in [4.78, 5) is 34.3. The second kappa shape index (κ2) is 7.85. The molecule has 0 aromatic heterocycles. The number of nitrogens with one attached hydrogen (secondary N) is 3. The van der Waals surface area contributed by atoms with Gasteiger partial charge in [0.1, 0.15) is 5.54 Å². The van der Waals surface area contributed by atoms with E-state index in [1.54, 1.807) is 0 Å². The second-order valence-corrected chi connectivity index (χ2v) is 5.71. The minimum absolute atomic E-state index is 0.000987. The van der Waals surface area contributed by atoms with Crippen LogP contribution >= 0.6 is 0 Å². The highest BCUT2D eigenvalue weighted by atomic mass is 16.4. The Balaban J connectivity index is 2.19. The SMILES string of the molecule is CCCC(C)(NC(=O)NCCCC(=O)NC1CC1)C(=O)O. The summed E-state index contributed by atoms with van der Waals surface area (Å²) >= 11 is 0. The Bertz CT molecular complexity index is 396. The van der Waals surface area contributed by atoms with Crippen molar-refractivity contribution < 1.29 is 19.5 Å². The van der Waals surface area contributed by atoms with Crippen LogP contribution in [-0.4, -0.2) is 41.1 Å². The quantitative estimate of drug-likeness (QED) is 0.476. The molecule has 1 saturated carbocycles. The maximum absolute atomic E-state index is 11.7. The summed E-state index contributed by atoms with van der Waals surface area (Å²) in [6.07, 6.45) is 4.02. The second-order valence-electron chi connectivity index (χ2n) is 5.71. The molecule has 7 heteroatoms. The van der Waals surface area contributed by atoms with Crippen molar-refractivity contribution in [2.24, 2.45) is 0 Å². The molecular formula is C14H25N3O4. The zero-order chi connectivity index (χ0) is 15.9. The molecule has 0 aromatic carbocycles. The number of hydrogen-bond donors (Lipinski definition) is 4. The predicted octanol–water partition coefficient (Wildman–Crippen LogP) is 0.988. The van der Waals surface area contributed by atoms with Crippen LogP contribution in [0, 0.1) is 0 Å². The number of urea groups is 1. The van der Waals surface area contributed by atoms with Gasteiger partial charge in [-0.2, -0.15) is 0 Å². The van der Waals surface area contributed by atoms with Crippen LogP contribution in [0.15, 0.2) is 0 Å². The van der Waals surface area contributed by atoms with Gasteiger partial charge < -0.3 is 21.1 Å². The lowest BCUT2D eigenvalue weighted by atomic mass is 9.97. The van der Waals surface area contributed by atoms with Crippen molar-refractivity contribution >= 4 is 17.9 Å². The third-order valence-corrected chi connectivity index (χ3v) is 3.42. The summed E-state index contributed by atoms with van der Waals surface area (Å²) in [6, 6.07) is -0.171. The number of rotatable bonds is 9. The lowest BCUT2D eigenvalue weighted by Gasteiger charge is -2.25. The molecule has 1 fully saturated rings. The Hall–Kier alpha value is -1.79. The van der Waals surface area contributed by atoms with Crippen molar-refractivity contribution in [3.05, 3.63) is 0 Å². The first-order valence-corrected chi connectivity index (χ1v) is 7.46. The van der Waals surface area contributed by atoms with Crippen molar-refractivity contribution in [1.82, 2.24) is 16.0 Å². The molecule has 0 aliphatic heterocycles. The van der Waals surface area contributed by atoms with Gasteiger partial charge in [-0.05, 0) is 32.6 Å². The van der Waals surface area contributed by atoms with Gasteiger partial charge in [-0.25, -0.2) is 9.59 Å². The van der Waals surface area contributed by atoms with E-state index in [2.05, 4.69) is 16.0 Å². The summed E-state index contributed by atoms with van der Waals surface area (Å²) < 4.78 is 0. The monoisotopic (exact) mass is 299 g/mol. The van der Waals surface area contributed by atoms with E-state index in [-0.39, 0.29) is 5.91 Å². The standard InChI is InChI=1S/C14H25N3O4/c1-3-8-14(2,12(19)20)17-13(21)15-9-4-5-11(18)16-10-6-7-10/h10H,3-9H2,1-2H3,(H,16,18)(H,19,20)(H2,15,17,21). The molecule has 1 aliphatic carbocycles. The van der Waals surface area contributed by atoms with Crippen LogP contribution < -0.4 is 16.0 Å². The zero-order valence-electron chi connectivity index (χ0n) is 12.7. The topological polar surface area (TPSA) is 108 Å². The fraction of sp³-hybridized carbons (Fsp3) is 0.786. The molecule has 0 radical (unpaired) electrons. The van der Waals surface area contributed by atoms with E-state index in [0.717, 1.165) is 12.8 Å². The van der Waals surface area contributed by atoms with Gasteiger partial charge in [0.2, 0.25) is 5.91 Å². The molecule has 0 spiro atoms. The van der Waals surface area contributed by atoms with Gasteiger partial charge in [0.05, 0.1) is 0 Å². The highest BCUT2D eigenvalue weighted by molar-refractivity contribution is 5.85. The molecule has 21 heavy (non-hydrogen) atoms. The Labute approximate surface area is 124 Å². The van der Waals surface area contributed by atoms with E-state index in [0.29, 0.717) is 38.3 Å². The average molecular weight is 299 g/mol. The van der Waals surface area contributed by atoms with E-state index >= 15 is 0 Å². The number of hydrogen-bond acceptors (Lipinski definition) is 3. The summed E-state index contributed by atoms with van der Waals surface area (Å²) in [5.74, 6) is -1.05. The van der Waals surface area contributed by atoms with Gasteiger partial charge >= 0.3 is 12.0 Å². The minimum atomic E-state index is -1.26. The van der Waals surface area contributed by atoms with Gasteiger partial charge in [0.15, 0.2) is 0 Å². The molecule has 0 aromatic rings. The Morgan fingerprint density at radius 1 is 1.29 bits per heavy atom. The molecule has 0 saturated heterocycles. The number of carboxylic acid groups (broad SMARTS) is 1. The third-order valence-electron chi connectivity index (χ3n) is 3.42. The van der Waals surface area contributed by atoms with Crippen LogP contribution in [-0.2, 0) is 9.59 Å².